The van der Waals surface area contributed by atoms with E-state index in [1.807, 2.05) is 24.3 Å². The fourth-order valence-electron chi connectivity index (χ4n) is 3.93. The summed E-state index contributed by atoms with van der Waals surface area (Å²) in [5, 5.41) is 0. The zero-order chi connectivity index (χ0) is 16.4. The normalized spacial score (nSPS) is 30.0. The van der Waals surface area contributed by atoms with Gasteiger partial charge < -0.3 is 47.4 Å². The highest BCUT2D eigenvalue weighted by atomic mass is 127. The van der Waals surface area contributed by atoms with Crippen LogP contribution in [0.2, 0.25) is 0 Å². The molecular formula is C19H28INO4. The summed E-state index contributed by atoms with van der Waals surface area (Å²) in [5.41, 5.74) is 0. The Morgan fingerprint density at radius 3 is 2.56 bits per heavy atom. The standard InChI is InChI=1S/C19H28NO4.HI/c1-20(9-12-21-13-10-20)11-14-22-17-7-4-8-18-19(17)24-16-6-3-2-5-15(16)23-18;/h2-3,5-6,17-19H,4,7-14H2,1H3;1H/q+1;/p-1. The number of benzene rings is 1. The number of halogens is 1. The maximum absolute atomic E-state index is 6.27. The molecule has 1 aromatic rings. The molecule has 5 nitrogen and oxygen atoms in total. The molecule has 0 radical (unpaired) electrons. The van der Waals surface area contributed by atoms with Gasteiger partial charge in [-0.1, -0.05) is 12.1 Å². The molecule has 3 atom stereocenters. The van der Waals surface area contributed by atoms with Crippen LogP contribution in [0.1, 0.15) is 19.3 Å². The van der Waals surface area contributed by atoms with Gasteiger partial charge in [0.1, 0.15) is 25.7 Å². The van der Waals surface area contributed by atoms with Crippen LogP contribution in [0.5, 0.6) is 11.5 Å². The SMILES string of the molecule is C[N+]1(CCOC2CCCC3Oc4ccccc4OC23)CCOCC1.[I-]. The first-order valence-electron chi connectivity index (χ1n) is 9.19. The fourth-order valence-corrected chi connectivity index (χ4v) is 3.93. The van der Waals surface area contributed by atoms with Gasteiger partial charge in [0.15, 0.2) is 17.6 Å². The summed E-state index contributed by atoms with van der Waals surface area (Å²) in [6, 6.07) is 7.95. The predicted molar refractivity (Wildman–Crippen MR) is 90.5 cm³/mol. The summed E-state index contributed by atoms with van der Waals surface area (Å²) >= 11 is 0. The highest BCUT2D eigenvalue weighted by Crippen LogP contribution is 2.39. The van der Waals surface area contributed by atoms with Gasteiger partial charge in [-0.15, -0.1) is 0 Å². The van der Waals surface area contributed by atoms with Crippen molar-refractivity contribution >= 4 is 0 Å². The molecule has 0 amide bonds. The van der Waals surface area contributed by atoms with Crippen LogP contribution in [0.25, 0.3) is 0 Å². The monoisotopic (exact) mass is 461 g/mol. The Balaban J connectivity index is 0.00000182. The van der Waals surface area contributed by atoms with Crippen LogP contribution in [0.3, 0.4) is 0 Å². The van der Waals surface area contributed by atoms with Crippen molar-refractivity contribution in [3.8, 4) is 11.5 Å². The summed E-state index contributed by atoms with van der Waals surface area (Å²) in [6.07, 6.45) is 3.50. The third kappa shape index (κ3) is 4.40. The van der Waals surface area contributed by atoms with Crippen LogP contribution in [-0.2, 0) is 9.47 Å². The first kappa shape index (κ1) is 19.2. The maximum atomic E-state index is 6.27. The molecule has 2 fully saturated rings. The van der Waals surface area contributed by atoms with E-state index < -0.39 is 0 Å². The summed E-state index contributed by atoms with van der Waals surface area (Å²) in [5.74, 6) is 1.72. The van der Waals surface area contributed by atoms with Crippen molar-refractivity contribution in [3.05, 3.63) is 24.3 Å². The fraction of sp³-hybridized carbons (Fsp3) is 0.684. The Morgan fingerprint density at radius 1 is 1.08 bits per heavy atom. The summed E-state index contributed by atoms with van der Waals surface area (Å²) in [7, 11) is 2.30. The summed E-state index contributed by atoms with van der Waals surface area (Å²) in [6.45, 7) is 5.68. The lowest BCUT2D eigenvalue weighted by atomic mass is 9.91. The molecule has 1 aliphatic carbocycles. The second kappa shape index (κ2) is 8.41. The molecule has 0 N–H and O–H groups in total. The molecule has 25 heavy (non-hydrogen) atoms. The van der Waals surface area contributed by atoms with Gasteiger partial charge in [0.05, 0.1) is 33.0 Å². The predicted octanol–water partition coefficient (Wildman–Crippen LogP) is -0.755. The highest BCUT2D eigenvalue weighted by molar-refractivity contribution is 5.41. The minimum Gasteiger partial charge on any atom is -1.00 e. The molecule has 1 saturated heterocycles. The van der Waals surface area contributed by atoms with E-state index in [0.29, 0.717) is 0 Å². The number of likely N-dealkylation sites (N-methyl/N-ethyl adjacent to an activating group) is 1. The van der Waals surface area contributed by atoms with Crippen molar-refractivity contribution in [1.82, 2.24) is 0 Å². The molecule has 3 unspecified atom stereocenters. The van der Waals surface area contributed by atoms with Gasteiger partial charge in [0.2, 0.25) is 0 Å². The van der Waals surface area contributed by atoms with Gasteiger partial charge in [-0.25, -0.2) is 0 Å². The Kier molecular flexibility index (Phi) is 6.46. The number of fused-ring (bicyclic) bond motifs is 2. The number of hydrogen-bond donors (Lipinski definition) is 0. The minimum atomic E-state index is 0. The number of nitrogens with zero attached hydrogens (tertiary/aromatic N) is 1. The van der Waals surface area contributed by atoms with Crippen molar-refractivity contribution in [1.29, 1.82) is 0 Å². The van der Waals surface area contributed by atoms with Crippen LogP contribution >= 0.6 is 0 Å². The van der Waals surface area contributed by atoms with Gasteiger partial charge in [0.25, 0.3) is 0 Å². The zero-order valence-electron chi connectivity index (χ0n) is 14.9. The Morgan fingerprint density at radius 2 is 1.80 bits per heavy atom. The molecule has 2 aliphatic heterocycles. The van der Waals surface area contributed by atoms with E-state index in [4.69, 9.17) is 18.9 Å². The molecule has 6 heteroatoms. The molecule has 0 spiro atoms. The largest absolute Gasteiger partial charge is 1.00 e. The smallest absolute Gasteiger partial charge is 0.161 e. The zero-order valence-corrected chi connectivity index (χ0v) is 17.0. The molecule has 0 aromatic heterocycles. The molecular weight excluding hydrogens is 433 g/mol. The van der Waals surface area contributed by atoms with Crippen molar-refractivity contribution in [2.75, 3.05) is 46.5 Å². The third-order valence-electron chi connectivity index (χ3n) is 5.61. The van der Waals surface area contributed by atoms with E-state index in [0.717, 1.165) is 74.7 Å². The molecule has 1 saturated carbocycles. The van der Waals surface area contributed by atoms with Gasteiger partial charge in [-0.3, -0.25) is 0 Å². The number of rotatable bonds is 4. The number of ether oxygens (including phenoxy) is 4. The maximum Gasteiger partial charge on any atom is 0.161 e. The molecule has 2 heterocycles. The third-order valence-corrected chi connectivity index (χ3v) is 5.61. The van der Waals surface area contributed by atoms with Crippen LogP contribution in [0.4, 0.5) is 0 Å². The van der Waals surface area contributed by atoms with Crippen LogP contribution in [-0.4, -0.2) is 69.3 Å². The number of para-hydroxylation sites is 2. The topological polar surface area (TPSA) is 36.9 Å². The number of hydrogen-bond acceptors (Lipinski definition) is 4. The average Bonchev–Trinajstić information content (AvgIpc) is 2.61. The Bertz CT molecular complexity index is 564. The van der Waals surface area contributed by atoms with E-state index in [-0.39, 0.29) is 42.3 Å². The molecule has 3 aliphatic rings. The number of morpholine rings is 1. The quantitative estimate of drug-likeness (QED) is 0.437. The first-order chi connectivity index (χ1) is 11.7. The van der Waals surface area contributed by atoms with Crippen LogP contribution < -0.4 is 33.5 Å². The van der Waals surface area contributed by atoms with Crippen molar-refractivity contribution < 1.29 is 47.4 Å². The second-order valence-electron chi connectivity index (χ2n) is 7.43. The van der Waals surface area contributed by atoms with E-state index >= 15 is 0 Å². The highest BCUT2D eigenvalue weighted by Gasteiger charge is 2.41. The summed E-state index contributed by atoms with van der Waals surface area (Å²) < 4.78 is 25.2. The average molecular weight is 461 g/mol. The lowest BCUT2D eigenvalue weighted by Gasteiger charge is -2.42. The van der Waals surface area contributed by atoms with Gasteiger partial charge in [-0.2, -0.15) is 0 Å². The van der Waals surface area contributed by atoms with Crippen molar-refractivity contribution in [3.63, 3.8) is 0 Å². The first-order valence-corrected chi connectivity index (χ1v) is 9.19. The molecule has 140 valence electrons. The minimum absolute atomic E-state index is 0. The van der Waals surface area contributed by atoms with Gasteiger partial charge in [-0.05, 0) is 31.4 Å². The van der Waals surface area contributed by atoms with Gasteiger partial charge >= 0.3 is 0 Å². The van der Waals surface area contributed by atoms with E-state index in [1.165, 1.54) is 0 Å². The van der Waals surface area contributed by atoms with E-state index in [9.17, 15) is 0 Å². The van der Waals surface area contributed by atoms with Gasteiger partial charge in [0, 0.05) is 0 Å². The van der Waals surface area contributed by atoms with E-state index in [2.05, 4.69) is 7.05 Å². The van der Waals surface area contributed by atoms with Crippen LogP contribution in [0.15, 0.2) is 24.3 Å². The molecule has 4 rings (SSSR count). The Hall–Kier alpha value is -0.570. The lowest BCUT2D eigenvalue weighted by molar-refractivity contribution is -0.917. The Labute approximate surface area is 167 Å². The second-order valence-corrected chi connectivity index (χ2v) is 7.43. The lowest BCUT2D eigenvalue weighted by Crippen LogP contribution is -3.00. The number of quaternary nitrogens is 1. The van der Waals surface area contributed by atoms with Crippen molar-refractivity contribution in [2.45, 2.75) is 37.6 Å². The summed E-state index contributed by atoms with van der Waals surface area (Å²) in [4.78, 5) is 0. The molecule has 1 aromatic carbocycles. The molecule has 0 bridgehead atoms. The van der Waals surface area contributed by atoms with Crippen LogP contribution in [0, 0.1) is 0 Å². The van der Waals surface area contributed by atoms with Crippen molar-refractivity contribution in [2.24, 2.45) is 0 Å². The van der Waals surface area contributed by atoms with E-state index in [1.54, 1.807) is 0 Å².